The highest BCUT2D eigenvalue weighted by Crippen LogP contribution is 2.49. The number of hydrogen-bond acceptors (Lipinski definition) is 4. The van der Waals surface area contributed by atoms with Crippen LogP contribution < -0.4 is 15.4 Å². The monoisotopic (exact) mass is 551 g/mol. The number of alkyl halides is 4. The molecule has 0 saturated heterocycles. The largest absolute Gasteiger partial charge is 0.485 e. The maximum absolute atomic E-state index is 15.0. The molecule has 1 aromatic heterocycles. The summed E-state index contributed by atoms with van der Waals surface area (Å²) < 4.78 is 71.7. The Bertz CT molecular complexity index is 1210. The second-order valence-corrected chi connectivity index (χ2v) is 9.69. The number of pyridine rings is 1. The molecule has 0 spiro atoms. The third-order valence-corrected chi connectivity index (χ3v) is 6.49. The van der Waals surface area contributed by atoms with Crippen molar-refractivity contribution >= 4 is 35.0 Å². The molecule has 2 aliphatic rings. The number of aromatic nitrogens is 1. The first-order chi connectivity index (χ1) is 16.8. The van der Waals surface area contributed by atoms with Crippen LogP contribution in [-0.2, 0) is 9.59 Å². The topological polar surface area (TPSA) is 80.3 Å². The van der Waals surface area contributed by atoms with Gasteiger partial charge in [-0.25, -0.2) is 22.0 Å². The lowest BCUT2D eigenvalue weighted by Gasteiger charge is -2.21. The van der Waals surface area contributed by atoms with E-state index < -0.39 is 60.5 Å². The number of amides is 2. The standard InChI is InChI=1S/C23H20Cl2F5N3O3/c1-10(32-21(35)22(2-3-22)33-20(34)14-7-23(14,29)30)18-16(26)4-11(8-31-18)13-5-12(24)6-15(25)19(13)36-9-17(27)28/h4-6,8,10,14,17H,2-3,7,9H2,1H3,(H,32,35)(H,33,34)/t10-,14?/m1/s1. The van der Waals surface area contributed by atoms with Crippen molar-refractivity contribution in [1.82, 2.24) is 15.6 Å². The van der Waals surface area contributed by atoms with Crippen molar-refractivity contribution in [3.05, 3.63) is 46.0 Å². The van der Waals surface area contributed by atoms with Crippen LogP contribution in [0.15, 0.2) is 24.4 Å². The fraction of sp³-hybridized carbons (Fsp3) is 0.435. The van der Waals surface area contributed by atoms with Crippen molar-refractivity contribution < 1.29 is 36.3 Å². The van der Waals surface area contributed by atoms with Crippen LogP contribution in [0.2, 0.25) is 10.0 Å². The first kappa shape index (κ1) is 26.4. The van der Waals surface area contributed by atoms with E-state index in [-0.39, 0.29) is 45.5 Å². The summed E-state index contributed by atoms with van der Waals surface area (Å²) in [6.45, 7) is 0.519. The molecule has 2 atom stereocenters. The summed E-state index contributed by atoms with van der Waals surface area (Å²) in [5.41, 5.74) is -1.18. The van der Waals surface area contributed by atoms with Gasteiger partial charge in [0.25, 0.3) is 12.3 Å². The van der Waals surface area contributed by atoms with Crippen molar-refractivity contribution in [2.75, 3.05) is 6.61 Å². The lowest BCUT2D eigenvalue weighted by atomic mass is 10.0. The molecule has 0 radical (unpaired) electrons. The summed E-state index contributed by atoms with van der Waals surface area (Å²) in [6, 6.07) is 2.77. The van der Waals surface area contributed by atoms with Gasteiger partial charge in [-0.3, -0.25) is 14.6 Å². The molecule has 6 nitrogen and oxygen atoms in total. The molecule has 0 aliphatic heterocycles. The Morgan fingerprint density at radius 3 is 2.44 bits per heavy atom. The Labute approximate surface area is 212 Å². The molecule has 1 aromatic carbocycles. The molecule has 36 heavy (non-hydrogen) atoms. The number of carbonyl (C=O) groups excluding carboxylic acids is 2. The van der Waals surface area contributed by atoms with Crippen molar-refractivity contribution in [3.63, 3.8) is 0 Å². The maximum Gasteiger partial charge on any atom is 0.272 e. The number of ether oxygens (including phenoxy) is 1. The molecule has 2 fully saturated rings. The second-order valence-electron chi connectivity index (χ2n) is 8.84. The average molecular weight is 552 g/mol. The Morgan fingerprint density at radius 1 is 1.22 bits per heavy atom. The van der Waals surface area contributed by atoms with Crippen LogP contribution in [-0.4, -0.2) is 41.3 Å². The molecule has 2 aromatic rings. The molecule has 2 N–H and O–H groups in total. The molecule has 4 rings (SSSR count). The molecule has 1 heterocycles. The highest BCUT2D eigenvalue weighted by atomic mass is 35.5. The fourth-order valence-electron chi connectivity index (χ4n) is 3.74. The van der Waals surface area contributed by atoms with Gasteiger partial charge in [0.15, 0.2) is 0 Å². The summed E-state index contributed by atoms with van der Waals surface area (Å²) in [4.78, 5) is 28.8. The summed E-state index contributed by atoms with van der Waals surface area (Å²) in [6.07, 6.45) is -1.56. The number of carbonyl (C=O) groups is 2. The van der Waals surface area contributed by atoms with Gasteiger partial charge in [0.1, 0.15) is 29.6 Å². The minimum absolute atomic E-state index is 0.0518. The average Bonchev–Trinajstić information content (AvgIpc) is 3.69. The predicted octanol–water partition coefficient (Wildman–Crippen LogP) is 5.32. The first-order valence-corrected chi connectivity index (χ1v) is 11.7. The molecular formula is C23H20Cl2F5N3O3. The zero-order valence-corrected chi connectivity index (χ0v) is 20.2. The smallest absolute Gasteiger partial charge is 0.272 e. The van der Waals surface area contributed by atoms with Crippen LogP contribution >= 0.6 is 23.2 Å². The Kier molecular flexibility index (Phi) is 7.09. The Balaban J connectivity index is 1.49. The summed E-state index contributed by atoms with van der Waals surface area (Å²) in [5.74, 6) is -6.98. The number of benzene rings is 1. The molecular weight excluding hydrogens is 532 g/mol. The van der Waals surface area contributed by atoms with Gasteiger partial charge < -0.3 is 15.4 Å². The zero-order valence-electron chi connectivity index (χ0n) is 18.7. The minimum Gasteiger partial charge on any atom is -0.485 e. The normalized spacial score (nSPS) is 20.0. The van der Waals surface area contributed by atoms with Crippen LogP contribution in [0.1, 0.15) is 37.9 Å². The van der Waals surface area contributed by atoms with Gasteiger partial charge in [0.2, 0.25) is 11.8 Å². The predicted molar refractivity (Wildman–Crippen MR) is 121 cm³/mol. The Hall–Kier alpha value is -2.66. The van der Waals surface area contributed by atoms with E-state index in [2.05, 4.69) is 15.6 Å². The van der Waals surface area contributed by atoms with E-state index in [0.717, 1.165) is 6.07 Å². The van der Waals surface area contributed by atoms with Gasteiger partial charge in [-0.05, 0) is 38.0 Å². The molecule has 2 aliphatic carbocycles. The number of rotatable bonds is 9. The van der Waals surface area contributed by atoms with Gasteiger partial charge in [0.05, 0.1) is 16.8 Å². The number of nitrogens with one attached hydrogen (secondary N) is 2. The number of nitrogens with zero attached hydrogens (tertiary/aromatic N) is 1. The van der Waals surface area contributed by atoms with Crippen LogP contribution in [0, 0.1) is 11.7 Å². The molecule has 2 saturated carbocycles. The highest BCUT2D eigenvalue weighted by Gasteiger charge is 2.63. The van der Waals surface area contributed by atoms with Crippen LogP contribution in [0.5, 0.6) is 5.75 Å². The lowest BCUT2D eigenvalue weighted by Crippen LogP contribution is -2.50. The summed E-state index contributed by atoms with van der Waals surface area (Å²) in [5, 5.41) is 5.04. The van der Waals surface area contributed by atoms with Crippen LogP contribution in [0.3, 0.4) is 0 Å². The second kappa shape index (κ2) is 9.66. The Morgan fingerprint density at radius 2 is 1.89 bits per heavy atom. The van der Waals surface area contributed by atoms with Crippen molar-refractivity contribution in [2.24, 2.45) is 5.92 Å². The minimum atomic E-state index is -3.06. The maximum atomic E-state index is 15.0. The molecule has 0 bridgehead atoms. The molecule has 194 valence electrons. The highest BCUT2D eigenvalue weighted by molar-refractivity contribution is 6.36. The van der Waals surface area contributed by atoms with Crippen LogP contribution in [0.4, 0.5) is 22.0 Å². The zero-order chi connectivity index (χ0) is 26.4. The SMILES string of the molecule is C[C@@H](NC(=O)C1(NC(=O)C2CC2(F)F)CC1)c1ncc(-c2cc(Cl)cc(Cl)c2OCC(F)F)cc1F. The number of hydrogen-bond donors (Lipinski definition) is 2. The van der Waals surface area contributed by atoms with Crippen LogP contribution in [0.25, 0.3) is 11.1 Å². The van der Waals surface area contributed by atoms with E-state index in [1.54, 1.807) is 0 Å². The fourth-order valence-corrected chi connectivity index (χ4v) is 4.29. The van der Waals surface area contributed by atoms with E-state index in [0.29, 0.717) is 0 Å². The third-order valence-electron chi connectivity index (χ3n) is 5.99. The lowest BCUT2D eigenvalue weighted by molar-refractivity contribution is -0.132. The van der Waals surface area contributed by atoms with Crippen molar-refractivity contribution in [2.45, 2.75) is 50.1 Å². The van der Waals surface area contributed by atoms with Gasteiger partial charge in [-0.2, -0.15) is 0 Å². The van der Waals surface area contributed by atoms with E-state index in [9.17, 15) is 27.2 Å². The third kappa shape index (κ3) is 5.51. The van der Waals surface area contributed by atoms with Crippen molar-refractivity contribution in [3.8, 4) is 16.9 Å². The summed E-state index contributed by atoms with van der Waals surface area (Å²) in [7, 11) is 0. The molecule has 1 unspecified atom stereocenters. The van der Waals surface area contributed by atoms with Gasteiger partial charge in [-0.1, -0.05) is 23.2 Å². The van der Waals surface area contributed by atoms with Gasteiger partial charge in [-0.15, -0.1) is 0 Å². The van der Waals surface area contributed by atoms with Gasteiger partial charge in [0, 0.05) is 28.8 Å². The van der Waals surface area contributed by atoms with Crippen molar-refractivity contribution in [1.29, 1.82) is 0 Å². The number of halogens is 7. The van der Waals surface area contributed by atoms with Gasteiger partial charge >= 0.3 is 0 Å². The summed E-state index contributed by atoms with van der Waals surface area (Å²) >= 11 is 12.1. The van der Waals surface area contributed by atoms with E-state index in [4.69, 9.17) is 27.9 Å². The van der Waals surface area contributed by atoms with E-state index in [1.807, 2.05) is 0 Å². The molecule has 13 heteroatoms. The quantitative estimate of drug-likeness (QED) is 0.413. The van der Waals surface area contributed by atoms with E-state index >= 15 is 4.39 Å². The van der Waals surface area contributed by atoms with E-state index in [1.165, 1.54) is 25.3 Å². The first-order valence-electron chi connectivity index (χ1n) is 10.9. The molecule has 2 amide bonds.